The van der Waals surface area contributed by atoms with Crippen LogP contribution in [0.15, 0.2) is 0 Å². The molecule has 260 valence electrons. The van der Waals surface area contributed by atoms with E-state index in [4.69, 9.17) is 47.7 Å². The quantitative estimate of drug-likeness (QED) is 0.0727. The number of esters is 1. The van der Waals surface area contributed by atoms with Gasteiger partial charge in [-0.3, -0.25) is 9.59 Å². The highest BCUT2D eigenvalue weighted by Gasteiger charge is 2.04. The van der Waals surface area contributed by atoms with Crippen molar-refractivity contribution < 1.29 is 66.9 Å². The first kappa shape index (κ1) is 42.0. The minimum absolute atomic E-state index is 0.162. The minimum atomic E-state index is -1.12. The Kier molecular flexibility index (Phi) is 34.0. The molecule has 44 heavy (non-hydrogen) atoms. The van der Waals surface area contributed by atoms with Crippen LogP contribution >= 0.6 is 0 Å². The molecule has 0 aliphatic heterocycles. The predicted octanol–water partition coefficient (Wildman–Crippen LogP) is 0.850. The highest BCUT2D eigenvalue weighted by molar-refractivity contribution is 5.77. The van der Waals surface area contributed by atoms with Crippen LogP contribution in [0.2, 0.25) is 0 Å². The summed E-state index contributed by atoms with van der Waals surface area (Å²) in [6.45, 7) is 8.86. The maximum absolute atomic E-state index is 11.5. The molecule has 0 saturated heterocycles. The number of amides is 1. The van der Waals surface area contributed by atoms with E-state index >= 15 is 0 Å². The zero-order valence-electron chi connectivity index (χ0n) is 26.4. The number of aliphatic carboxylic acids is 1. The van der Waals surface area contributed by atoms with Crippen molar-refractivity contribution in [3.05, 3.63) is 0 Å². The van der Waals surface area contributed by atoms with E-state index in [-0.39, 0.29) is 19.2 Å². The van der Waals surface area contributed by atoms with E-state index in [1.165, 1.54) is 0 Å². The number of unbranched alkanes of at least 4 members (excludes halogenated alkanes) is 3. The molecule has 0 aromatic carbocycles. The maximum Gasteiger partial charge on any atom is 0.329 e. The monoisotopic (exact) mass is 641 g/mol. The number of carboxylic acid groups (broad SMARTS) is 1. The standard InChI is InChI=1S/C29H55NO14/c1-2-3-4-5-6-29(34)44-24-23-42-22-21-41-20-19-40-18-17-39-16-15-38-14-13-37-12-11-36-10-9-35-8-7-30-27(31)25-43-26-28(32)33/h2-26H2,1H3,(H,30,31)(H,32,33). The van der Waals surface area contributed by atoms with Crippen molar-refractivity contribution in [3.63, 3.8) is 0 Å². The summed E-state index contributed by atoms with van der Waals surface area (Å²) in [6.07, 6.45) is 4.72. The lowest BCUT2D eigenvalue weighted by molar-refractivity contribution is -0.146. The van der Waals surface area contributed by atoms with Gasteiger partial charge in [0.2, 0.25) is 5.91 Å². The van der Waals surface area contributed by atoms with Gasteiger partial charge in [-0.15, -0.1) is 0 Å². The third-order valence-corrected chi connectivity index (χ3v) is 5.36. The first-order chi connectivity index (χ1) is 21.6. The summed E-state index contributed by atoms with van der Waals surface area (Å²) in [5.41, 5.74) is 0. The molecule has 2 N–H and O–H groups in total. The van der Waals surface area contributed by atoms with Gasteiger partial charge in [-0.1, -0.05) is 26.2 Å². The number of hydrogen-bond donors (Lipinski definition) is 2. The second-order valence-electron chi connectivity index (χ2n) is 9.17. The fraction of sp³-hybridized carbons (Fsp3) is 0.897. The van der Waals surface area contributed by atoms with E-state index in [1.807, 2.05) is 0 Å². The van der Waals surface area contributed by atoms with Crippen LogP contribution in [0, 0.1) is 0 Å². The Morgan fingerprint density at radius 2 is 0.909 bits per heavy atom. The molecule has 0 aliphatic rings. The van der Waals surface area contributed by atoms with Gasteiger partial charge in [0.15, 0.2) is 0 Å². The lowest BCUT2D eigenvalue weighted by Gasteiger charge is -2.09. The lowest BCUT2D eigenvalue weighted by Crippen LogP contribution is -2.31. The van der Waals surface area contributed by atoms with E-state index in [0.29, 0.717) is 119 Å². The number of nitrogens with one attached hydrogen (secondary N) is 1. The number of rotatable bonds is 36. The van der Waals surface area contributed by atoms with Crippen LogP contribution in [-0.4, -0.2) is 155 Å². The molecule has 0 atom stereocenters. The van der Waals surface area contributed by atoms with E-state index in [2.05, 4.69) is 17.0 Å². The Morgan fingerprint density at radius 3 is 1.32 bits per heavy atom. The van der Waals surface area contributed by atoms with Crippen molar-refractivity contribution >= 4 is 17.8 Å². The number of ether oxygens (including phenoxy) is 10. The van der Waals surface area contributed by atoms with Gasteiger partial charge in [0.25, 0.3) is 0 Å². The van der Waals surface area contributed by atoms with Crippen LogP contribution in [0.3, 0.4) is 0 Å². The van der Waals surface area contributed by atoms with Gasteiger partial charge in [-0.05, 0) is 6.42 Å². The third kappa shape index (κ3) is 36.2. The molecule has 0 fully saturated rings. The van der Waals surface area contributed by atoms with Crippen molar-refractivity contribution in [1.29, 1.82) is 0 Å². The molecule has 0 aromatic rings. The predicted molar refractivity (Wildman–Crippen MR) is 158 cm³/mol. The molecule has 15 nitrogen and oxygen atoms in total. The zero-order chi connectivity index (χ0) is 32.2. The Balaban J connectivity index is 3.13. The fourth-order valence-corrected chi connectivity index (χ4v) is 3.17. The van der Waals surface area contributed by atoms with Gasteiger partial charge in [0.05, 0.1) is 106 Å². The molecule has 15 heteroatoms. The molecule has 0 aromatic heterocycles. The number of carboxylic acids is 1. The summed E-state index contributed by atoms with van der Waals surface area (Å²) in [5.74, 6) is -1.69. The van der Waals surface area contributed by atoms with Crippen LogP contribution in [-0.2, 0) is 61.8 Å². The Morgan fingerprint density at radius 1 is 0.500 bits per heavy atom. The average molecular weight is 642 g/mol. The first-order valence-corrected chi connectivity index (χ1v) is 15.4. The van der Waals surface area contributed by atoms with E-state index in [0.717, 1.165) is 25.7 Å². The van der Waals surface area contributed by atoms with Gasteiger partial charge in [-0.2, -0.15) is 0 Å². The summed E-state index contributed by atoms with van der Waals surface area (Å²) in [7, 11) is 0. The number of hydrogen-bond acceptors (Lipinski definition) is 13. The van der Waals surface area contributed by atoms with Gasteiger partial charge < -0.3 is 57.8 Å². The molecule has 0 aliphatic carbocycles. The Hall–Kier alpha value is -1.95. The van der Waals surface area contributed by atoms with Crippen molar-refractivity contribution in [2.75, 3.05) is 132 Å². The number of carbonyl (C=O) groups excluding carboxylic acids is 2. The summed E-state index contributed by atoms with van der Waals surface area (Å²) in [5, 5.41) is 11.0. The second kappa shape index (κ2) is 35.5. The SMILES string of the molecule is CCCCCCC(=O)OCCOCCOCCOCCOCCOCCOCCOCCOCCNC(=O)COCC(=O)O. The van der Waals surface area contributed by atoms with Gasteiger partial charge in [0, 0.05) is 13.0 Å². The Bertz CT molecular complexity index is 656. The van der Waals surface area contributed by atoms with Crippen LogP contribution in [0.1, 0.15) is 39.0 Å². The molecule has 0 heterocycles. The van der Waals surface area contributed by atoms with Crippen molar-refractivity contribution in [2.24, 2.45) is 0 Å². The molecular weight excluding hydrogens is 586 g/mol. The zero-order valence-corrected chi connectivity index (χ0v) is 26.4. The minimum Gasteiger partial charge on any atom is -0.480 e. The third-order valence-electron chi connectivity index (χ3n) is 5.36. The molecule has 0 rings (SSSR count). The molecule has 1 amide bonds. The molecule has 0 bridgehead atoms. The summed E-state index contributed by atoms with van der Waals surface area (Å²) < 4.78 is 53.0. The summed E-state index contributed by atoms with van der Waals surface area (Å²) in [6, 6.07) is 0. The summed E-state index contributed by atoms with van der Waals surface area (Å²) in [4.78, 5) is 33.1. The van der Waals surface area contributed by atoms with E-state index in [9.17, 15) is 14.4 Å². The molecular formula is C29H55NO14. The Labute approximate surface area is 261 Å². The summed E-state index contributed by atoms with van der Waals surface area (Å²) >= 11 is 0. The first-order valence-electron chi connectivity index (χ1n) is 15.4. The largest absolute Gasteiger partial charge is 0.480 e. The molecule has 0 unspecified atom stereocenters. The van der Waals surface area contributed by atoms with E-state index in [1.54, 1.807) is 0 Å². The molecule has 0 radical (unpaired) electrons. The number of carbonyl (C=O) groups is 3. The maximum atomic E-state index is 11.5. The molecule has 0 spiro atoms. The van der Waals surface area contributed by atoms with E-state index < -0.39 is 18.5 Å². The van der Waals surface area contributed by atoms with Crippen LogP contribution in [0.5, 0.6) is 0 Å². The molecule has 0 saturated carbocycles. The topological polar surface area (TPSA) is 176 Å². The normalized spacial score (nSPS) is 11.1. The fourth-order valence-electron chi connectivity index (χ4n) is 3.17. The van der Waals surface area contributed by atoms with Gasteiger partial charge in [-0.25, -0.2) is 4.79 Å². The highest BCUT2D eigenvalue weighted by Crippen LogP contribution is 2.03. The average Bonchev–Trinajstić information content (AvgIpc) is 3.00. The highest BCUT2D eigenvalue weighted by atomic mass is 16.6. The van der Waals surface area contributed by atoms with Crippen LogP contribution < -0.4 is 5.32 Å². The van der Waals surface area contributed by atoms with Crippen molar-refractivity contribution in [3.8, 4) is 0 Å². The smallest absolute Gasteiger partial charge is 0.329 e. The lowest BCUT2D eigenvalue weighted by atomic mass is 10.2. The van der Waals surface area contributed by atoms with Gasteiger partial charge in [0.1, 0.15) is 19.8 Å². The van der Waals surface area contributed by atoms with Crippen molar-refractivity contribution in [1.82, 2.24) is 5.32 Å². The second-order valence-corrected chi connectivity index (χ2v) is 9.17. The van der Waals surface area contributed by atoms with Crippen LogP contribution in [0.4, 0.5) is 0 Å². The van der Waals surface area contributed by atoms with Crippen molar-refractivity contribution in [2.45, 2.75) is 39.0 Å². The van der Waals surface area contributed by atoms with Crippen LogP contribution in [0.25, 0.3) is 0 Å². The van der Waals surface area contributed by atoms with Gasteiger partial charge >= 0.3 is 11.9 Å².